The average Bonchev–Trinajstić information content (AvgIpc) is 2.73. The third kappa shape index (κ3) is 5.73. The Bertz CT molecular complexity index is 1000. The molecule has 0 amide bonds. The number of esters is 1. The molecule has 2 heterocycles. The van der Waals surface area contributed by atoms with Gasteiger partial charge in [-0.05, 0) is 57.6 Å². The third-order valence-electron chi connectivity index (χ3n) is 6.39. The molecule has 1 unspecified atom stereocenters. The topological polar surface area (TPSA) is 65.7 Å². The Morgan fingerprint density at radius 3 is 2.53 bits per heavy atom. The first-order valence-electron chi connectivity index (χ1n) is 12.2. The second kappa shape index (κ2) is 10.5. The highest BCUT2D eigenvalue weighted by Gasteiger charge is 2.29. The highest BCUT2D eigenvalue weighted by Crippen LogP contribution is 2.39. The van der Waals surface area contributed by atoms with E-state index in [-0.39, 0.29) is 17.2 Å². The van der Waals surface area contributed by atoms with Crippen molar-refractivity contribution < 1.29 is 18.7 Å². The van der Waals surface area contributed by atoms with Gasteiger partial charge in [0.1, 0.15) is 23.0 Å². The zero-order valence-corrected chi connectivity index (χ0v) is 20.3. The second-order valence-corrected chi connectivity index (χ2v) is 9.62. The van der Waals surface area contributed by atoms with E-state index in [1.54, 1.807) is 0 Å². The van der Waals surface area contributed by atoms with Crippen molar-refractivity contribution in [3.8, 4) is 5.75 Å². The number of carbonyl (C=O) groups excluding carboxylic acids is 1. The van der Waals surface area contributed by atoms with Gasteiger partial charge in [-0.25, -0.2) is 4.79 Å². The third-order valence-corrected chi connectivity index (χ3v) is 6.39. The van der Waals surface area contributed by atoms with E-state index in [0.717, 1.165) is 47.9 Å². The fourth-order valence-corrected chi connectivity index (χ4v) is 4.64. The average molecular weight is 443 g/mol. The summed E-state index contributed by atoms with van der Waals surface area (Å²) in [6.07, 6.45) is 9.44. The molecule has 5 nitrogen and oxygen atoms in total. The van der Waals surface area contributed by atoms with Gasteiger partial charge >= 0.3 is 11.6 Å². The summed E-state index contributed by atoms with van der Waals surface area (Å²) < 4.78 is 17.6. The zero-order valence-electron chi connectivity index (χ0n) is 20.3. The van der Waals surface area contributed by atoms with Crippen molar-refractivity contribution >= 4 is 16.9 Å². The van der Waals surface area contributed by atoms with Gasteiger partial charge < -0.3 is 13.9 Å². The molecule has 5 heteroatoms. The lowest BCUT2D eigenvalue weighted by molar-refractivity contribution is -0.146. The number of fused-ring (bicyclic) bond motifs is 2. The quantitative estimate of drug-likeness (QED) is 0.230. The summed E-state index contributed by atoms with van der Waals surface area (Å²) in [5.41, 5.74) is 2.49. The molecule has 1 aromatic heterocycles. The van der Waals surface area contributed by atoms with Crippen LogP contribution in [0.15, 0.2) is 21.3 Å². The summed E-state index contributed by atoms with van der Waals surface area (Å²) >= 11 is 0. The molecule has 1 atom stereocenters. The molecule has 0 fully saturated rings. The van der Waals surface area contributed by atoms with Gasteiger partial charge in [0, 0.05) is 29.5 Å². The summed E-state index contributed by atoms with van der Waals surface area (Å²) in [7, 11) is 0. The van der Waals surface area contributed by atoms with Crippen molar-refractivity contribution in [3.05, 3.63) is 39.2 Å². The van der Waals surface area contributed by atoms with E-state index in [1.807, 2.05) is 13.0 Å². The van der Waals surface area contributed by atoms with Gasteiger partial charge in [0.2, 0.25) is 0 Å². The normalized spacial score (nSPS) is 15.8. The highest BCUT2D eigenvalue weighted by atomic mass is 16.5. The minimum atomic E-state index is -0.465. The van der Waals surface area contributed by atoms with E-state index in [4.69, 9.17) is 13.9 Å². The monoisotopic (exact) mass is 442 g/mol. The van der Waals surface area contributed by atoms with E-state index in [9.17, 15) is 9.59 Å². The minimum absolute atomic E-state index is 0.245. The van der Waals surface area contributed by atoms with Crippen molar-refractivity contribution in [1.82, 2.24) is 0 Å². The molecule has 0 aliphatic carbocycles. The molecule has 0 N–H and O–H groups in total. The molecule has 1 aromatic carbocycles. The molecule has 1 aliphatic heterocycles. The summed E-state index contributed by atoms with van der Waals surface area (Å²) in [5, 5.41) is 0.862. The Balaban J connectivity index is 2.04. The van der Waals surface area contributed by atoms with E-state index in [2.05, 4.69) is 26.8 Å². The Labute approximate surface area is 191 Å². The molecule has 0 saturated carbocycles. The van der Waals surface area contributed by atoms with E-state index >= 15 is 0 Å². The molecule has 0 spiro atoms. The van der Waals surface area contributed by atoms with Crippen LogP contribution in [0.1, 0.15) is 109 Å². The number of aryl methyl sites for hydroxylation is 1. The molecule has 1 aliphatic rings. The Morgan fingerprint density at radius 2 is 1.84 bits per heavy atom. The largest absolute Gasteiger partial charge is 0.487 e. The maximum Gasteiger partial charge on any atom is 0.339 e. The first kappa shape index (κ1) is 24.3. The summed E-state index contributed by atoms with van der Waals surface area (Å²) in [4.78, 5) is 24.9. The molecule has 2 aromatic rings. The van der Waals surface area contributed by atoms with Crippen molar-refractivity contribution in [3.63, 3.8) is 0 Å². The van der Waals surface area contributed by atoms with Gasteiger partial charge in [0.25, 0.3) is 0 Å². The van der Waals surface area contributed by atoms with Crippen LogP contribution in [-0.2, 0) is 22.4 Å². The summed E-state index contributed by atoms with van der Waals surface area (Å²) in [6, 6.07) is 3.92. The standard InChI is InChI=1S/C27H38O5/c1-6-8-9-10-11-12-13-20-25(22(7-2)30-18(3)28)21-16-19-14-15-27(4,5)32-23(19)17-24(21)31-26(20)29/h16-17,22H,6-15H2,1-5H3. The number of ether oxygens (including phenoxy) is 2. The number of rotatable bonds is 10. The lowest BCUT2D eigenvalue weighted by Crippen LogP contribution is -2.32. The number of benzene rings is 1. The van der Waals surface area contributed by atoms with E-state index in [1.165, 1.54) is 32.6 Å². The van der Waals surface area contributed by atoms with Crippen LogP contribution < -0.4 is 10.4 Å². The molecule has 0 bridgehead atoms. The van der Waals surface area contributed by atoms with Crippen LogP contribution in [-0.4, -0.2) is 11.6 Å². The Hall–Kier alpha value is -2.30. The summed E-state index contributed by atoms with van der Waals surface area (Å²) in [5.74, 6) is 0.429. The number of hydrogen-bond acceptors (Lipinski definition) is 5. The highest BCUT2D eigenvalue weighted by molar-refractivity contribution is 5.85. The van der Waals surface area contributed by atoms with E-state index < -0.39 is 6.10 Å². The van der Waals surface area contributed by atoms with Crippen molar-refractivity contribution in [2.24, 2.45) is 0 Å². The van der Waals surface area contributed by atoms with Crippen molar-refractivity contribution in [2.75, 3.05) is 0 Å². The van der Waals surface area contributed by atoms with Crippen LogP contribution in [0.25, 0.3) is 11.0 Å². The van der Waals surface area contributed by atoms with Crippen LogP contribution >= 0.6 is 0 Å². The molecule has 0 radical (unpaired) electrons. The zero-order chi connectivity index (χ0) is 23.3. The van der Waals surface area contributed by atoms with Gasteiger partial charge in [-0.15, -0.1) is 0 Å². The molecule has 0 saturated heterocycles. The smallest absolute Gasteiger partial charge is 0.339 e. The first-order valence-corrected chi connectivity index (χ1v) is 12.2. The van der Waals surface area contributed by atoms with Crippen molar-refractivity contribution in [1.29, 1.82) is 0 Å². The second-order valence-electron chi connectivity index (χ2n) is 9.62. The fourth-order valence-electron chi connectivity index (χ4n) is 4.64. The minimum Gasteiger partial charge on any atom is -0.487 e. The van der Waals surface area contributed by atoms with E-state index in [0.29, 0.717) is 24.0 Å². The van der Waals surface area contributed by atoms with Crippen LogP contribution in [0.2, 0.25) is 0 Å². The molecular formula is C27H38O5. The van der Waals surface area contributed by atoms with Crippen LogP contribution in [0.3, 0.4) is 0 Å². The van der Waals surface area contributed by atoms with Gasteiger partial charge in [-0.1, -0.05) is 46.0 Å². The maximum atomic E-state index is 13.1. The van der Waals surface area contributed by atoms with Crippen molar-refractivity contribution in [2.45, 2.75) is 111 Å². The lowest BCUT2D eigenvalue weighted by atomic mass is 9.90. The van der Waals surface area contributed by atoms with Gasteiger partial charge in [-0.3, -0.25) is 4.79 Å². The molecular weight excluding hydrogens is 404 g/mol. The maximum absolute atomic E-state index is 13.1. The summed E-state index contributed by atoms with van der Waals surface area (Å²) in [6.45, 7) is 9.74. The predicted octanol–water partition coefficient (Wildman–Crippen LogP) is 6.81. The Kier molecular flexibility index (Phi) is 8.02. The SMILES string of the molecule is CCCCCCCCc1c(C(CC)OC(C)=O)c2cc3c(cc2oc1=O)OC(C)(C)CC3. The predicted molar refractivity (Wildman–Crippen MR) is 127 cm³/mol. The number of hydrogen-bond donors (Lipinski definition) is 0. The molecule has 3 rings (SSSR count). The lowest BCUT2D eigenvalue weighted by Gasteiger charge is -2.33. The first-order chi connectivity index (χ1) is 15.3. The number of unbranched alkanes of at least 4 members (excludes halogenated alkanes) is 5. The van der Waals surface area contributed by atoms with Crippen LogP contribution in [0.4, 0.5) is 0 Å². The number of carbonyl (C=O) groups is 1. The fraction of sp³-hybridized carbons (Fsp3) is 0.630. The van der Waals surface area contributed by atoms with Gasteiger partial charge in [0.15, 0.2) is 0 Å². The van der Waals surface area contributed by atoms with Gasteiger partial charge in [0.05, 0.1) is 0 Å². The van der Waals surface area contributed by atoms with Crippen LogP contribution in [0.5, 0.6) is 5.75 Å². The molecule has 176 valence electrons. The molecule has 32 heavy (non-hydrogen) atoms. The Morgan fingerprint density at radius 1 is 1.12 bits per heavy atom. The van der Waals surface area contributed by atoms with Gasteiger partial charge in [-0.2, -0.15) is 0 Å². The van der Waals surface area contributed by atoms with Crippen LogP contribution in [0, 0.1) is 0 Å².